The Morgan fingerprint density at radius 2 is 2.17 bits per heavy atom. The third-order valence-electron chi connectivity index (χ3n) is 3.42. The molecule has 0 radical (unpaired) electrons. The van der Waals surface area contributed by atoms with Gasteiger partial charge in [-0.1, -0.05) is 17.4 Å². The van der Waals surface area contributed by atoms with Crippen LogP contribution in [-0.2, 0) is 0 Å². The molecule has 0 amide bonds. The number of pyridine rings is 1. The second kappa shape index (κ2) is 5.44. The van der Waals surface area contributed by atoms with E-state index >= 15 is 0 Å². The minimum Gasteiger partial charge on any atom is -0.330 e. The Labute approximate surface area is 135 Å². The number of aryl methyl sites for hydroxylation is 1. The Morgan fingerprint density at radius 3 is 2.91 bits per heavy atom. The molecule has 23 heavy (non-hydrogen) atoms. The SMILES string of the molecule is Cc1ccc(Nc2nn3cc(-c4cccnc4)nc3s2)cc1F. The highest BCUT2D eigenvalue weighted by Crippen LogP contribution is 2.26. The highest BCUT2D eigenvalue weighted by atomic mass is 32.1. The maximum atomic E-state index is 13.6. The Morgan fingerprint density at radius 1 is 1.26 bits per heavy atom. The van der Waals surface area contributed by atoms with Gasteiger partial charge in [-0.05, 0) is 36.8 Å². The average molecular weight is 325 g/mol. The van der Waals surface area contributed by atoms with Gasteiger partial charge in [-0.3, -0.25) is 4.98 Å². The Hall–Kier alpha value is -2.80. The summed E-state index contributed by atoms with van der Waals surface area (Å²) >= 11 is 1.40. The number of nitrogens with zero attached hydrogens (tertiary/aromatic N) is 4. The summed E-state index contributed by atoms with van der Waals surface area (Å²) in [4.78, 5) is 9.39. The summed E-state index contributed by atoms with van der Waals surface area (Å²) in [5.74, 6) is -0.241. The quantitative estimate of drug-likeness (QED) is 0.617. The highest BCUT2D eigenvalue weighted by molar-refractivity contribution is 7.20. The Bertz CT molecular complexity index is 945. The maximum Gasteiger partial charge on any atom is 0.214 e. The molecule has 0 atom stereocenters. The van der Waals surface area contributed by atoms with Crippen LogP contribution in [-0.4, -0.2) is 19.6 Å². The fourth-order valence-corrected chi connectivity index (χ4v) is 3.00. The number of anilines is 2. The molecular weight excluding hydrogens is 313 g/mol. The van der Waals surface area contributed by atoms with Gasteiger partial charge >= 0.3 is 0 Å². The van der Waals surface area contributed by atoms with Crippen LogP contribution < -0.4 is 5.32 Å². The molecule has 0 fully saturated rings. The van der Waals surface area contributed by atoms with Gasteiger partial charge in [-0.2, -0.15) is 0 Å². The van der Waals surface area contributed by atoms with Crippen LogP contribution in [0.1, 0.15) is 5.56 Å². The van der Waals surface area contributed by atoms with E-state index in [0.717, 1.165) is 16.2 Å². The Kier molecular flexibility index (Phi) is 3.27. The molecule has 7 heteroatoms. The minimum absolute atomic E-state index is 0.241. The van der Waals surface area contributed by atoms with Crippen LogP contribution >= 0.6 is 11.3 Å². The summed E-state index contributed by atoms with van der Waals surface area (Å²) in [7, 11) is 0. The average Bonchev–Trinajstić information content (AvgIpc) is 3.10. The fourth-order valence-electron chi connectivity index (χ4n) is 2.20. The van der Waals surface area contributed by atoms with Gasteiger partial charge in [0, 0.05) is 23.6 Å². The molecule has 5 nitrogen and oxygen atoms in total. The molecule has 0 saturated heterocycles. The van der Waals surface area contributed by atoms with Crippen molar-refractivity contribution in [2.75, 3.05) is 5.32 Å². The molecule has 4 rings (SSSR count). The number of imidazole rings is 1. The zero-order valence-corrected chi connectivity index (χ0v) is 13.0. The van der Waals surface area contributed by atoms with E-state index in [9.17, 15) is 4.39 Å². The van der Waals surface area contributed by atoms with E-state index in [4.69, 9.17) is 0 Å². The zero-order chi connectivity index (χ0) is 15.8. The van der Waals surface area contributed by atoms with Crippen molar-refractivity contribution < 1.29 is 4.39 Å². The summed E-state index contributed by atoms with van der Waals surface area (Å²) in [6.45, 7) is 1.73. The molecule has 0 aliphatic carbocycles. The van der Waals surface area contributed by atoms with Crippen LogP contribution in [0.4, 0.5) is 15.2 Å². The summed E-state index contributed by atoms with van der Waals surface area (Å²) in [6.07, 6.45) is 5.34. The smallest absolute Gasteiger partial charge is 0.214 e. The van der Waals surface area contributed by atoms with Gasteiger partial charge in [0.15, 0.2) is 0 Å². The number of hydrogen-bond acceptors (Lipinski definition) is 5. The van der Waals surface area contributed by atoms with Gasteiger partial charge in [0.25, 0.3) is 0 Å². The topological polar surface area (TPSA) is 55.1 Å². The van der Waals surface area contributed by atoms with E-state index < -0.39 is 0 Å². The predicted octanol–water partition coefficient (Wildman–Crippen LogP) is 4.04. The molecule has 4 aromatic rings. The number of nitrogens with one attached hydrogen (secondary N) is 1. The first kappa shape index (κ1) is 13.8. The lowest BCUT2D eigenvalue weighted by Crippen LogP contribution is -1.93. The molecule has 1 aromatic carbocycles. The zero-order valence-electron chi connectivity index (χ0n) is 12.2. The first-order valence-corrected chi connectivity index (χ1v) is 7.80. The number of benzene rings is 1. The number of halogens is 1. The highest BCUT2D eigenvalue weighted by Gasteiger charge is 2.10. The third-order valence-corrected chi connectivity index (χ3v) is 4.26. The lowest BCUT2D eigenvalue weighted by molar-refractivity contribution is 0.619. The van der Waals surface area contributed by atoms with Gasteiger partial charge in [-0.25, -0.2) is 13.9 Å². The van der Waals surface area contributed by atoms with Crippen LogP contribution in [0.15, 0.2) is 48.9 Å². The van der Waals surface area contributed by atoms with Crippen LogP contribution in [0, 0.1) is 12.7 Å². The second-order valence-electron chi connectivity index (χ2n) is 5.09. The second-order valence-corrected chi connectivity index (χ2v) is 6.05. The molecule has 3 heterocycles. The maximum absolute atomic E-state index is 13.6. The number of fused-ring (bicyclic) bond motifs is 1. The fraction of sp³-hybridized carbons (Fsp3) is 0.0625. The molecule has 0 aliphatic heterocycles. The molecule has 0 unspecified atom stereocenters. The first-order valence-electron chi connectivity index (χ1n) is 6.99. The summed E-state index contributed by atoms with van der Waals surface area (Å²) in [5.41, 5.74) is 3.05. The van der Waals surface area contributed by atoms with Crippen molar-refractivity contribution in [3.05, 3.63) is 60.3 Å². The summed E-state index contributed by atoms with van der Waals surface area (Å²) in [5, 5.41) is 8.19. The number of rotatable bonds is 3. The lowest BCUT2D eigenvalue weighted by Gasteiger charge is -2.03. The van der Waals surface area contributed by atoms with Crippen LogP contribution in [0.3, 0.4) is 0 Å². The van der Waals surface area contributed by atoms with Gasteiger partial charge in [0.2, 0.25) is 10.1 Å². The monoisotopic (exact) mass is 325 g/mol. The van der Waals surface area contributed by atoms with E-state index in [1.54, 1.807) is 29.9 Å². The van der Waals surface area contributed by atoms with Gasteiger partial charge in [-0.15, -0.1) is 5.10 Å². The van der Waals surface area contributed by atoms with Gasteiger partial charge in [0.05, 0.1) is 11.9 Å². The molecule has 0 spiro atoms. The summed E-state index contributed by atoms with van der Waals surface area (Å²) in [6, 6.07) is 8.84. The van der Waals surface area contributed by atoms with Crippen molar-refractivity contribution >= 4 is 27.1 Å². The van der Waals surface area contributed by atoms with Crippen LogP contribution in [0.2, 0.25) is 0 Å². The predicted molar refractivity (Wildman–Crippen MR) is 88.5 cm³/mol. The van der Waals surface area contributed by atoms with Crippen molar-refractivity contribution in [1.29, 1.82) is 0 Å². The molecule has 0 aliphatic rings. The number of hydrogen-bond donors (Lipinski definition) is 1. The molecule has 0 bridgehead atoms. The molecule has 114 valence electrons. The Balaban J connectivity index is 1.62. The van der Waals surface area contributed by atoms with Crippen molar-refractivity contribution in [2.45, 2.75) is 6.92 Å². The van der Waals surface area contributed by atoms with Gasteiger partial charge < -0.3 is 5.32 Å². The van der Waals surface area contributed by atoms with Crippen molar-refractivity contribution in [1.82, 2.24) is 19.6 Å². The van der Waals surface area contributed by atoms with E-state index in [-0.39, 0.29) is 5.82 Å². The third kappa shape index (κ3) is 2.66. The van der Waals surface area contributed by atoms with E-state index in [2.05, 4.69) is 20.4 Å². The molecule has 1 N–H and O–H groups in total. The normalized spacial score (nSPS) is 11.0. The first-order chi connectivity index (χ1) is 11.2. The van der Waals surface area contributed by atoms with Crippen LogP contribution in [0.5, 0.6) is 0 Å². The minimum atomic E-state index is -0.241. The summed E-state index contributed by atoms with van der Waals surface area (Å²) < 4.78 is 15.3. The van der Waals surface area contributed by atoms with E-state index in [1.165, 1.54) is 17.4 Å². The molecule has 0 saturated carbocycles. The van der Waals surface area contributed by atoms with Crippen molar-refractivity contribution in [2.24, 2.45) is 0 Å². The lowest BCUT2D eigenvalue weighted by atomic mass is 10.2. The number of aromatic nitrogens is 4. The largest absolute Gasteiger partial charge is 0.330 e. The van der Waals surface area contributed by atoms with E-state index in [1.807, 2.05) is 24.4 Å². The van der Waals surface area contributed by atoms with Crippen molar-refractivity contribution in [3.8, 4) is 11.3 Å². The van der Waals surface area contributed by atoms with Crippen LogP contribution in [0.25, 0.3) is 16.2 Å². The van der Waals surface area contributed by atoms with E-state index in [0.29, 0.717) is 16.4 Å². The van der Waals surface area contributed by atoms with Crippen molar-refractivity contribution in [3.63, 3.8) is 0 Å². The standard InChI is InChI=1S/C16H12FN5S/c1-10-4-5-12(7-13(10)17)19-15-21-22-9-14(20-16(22)23-15)11-3-2-6-18-8-11/h2-9H,1H3,(H,19,21). The molecule has 3 aromatic heterocycles. The molecular formula is C16H12FN5S. The van der Waals surface area contributed by atoms with Gasteiger partial charge in [0.1, 0.15) is 5.82 Å².